The van der Waals surface area contributed by atoms with Gasteiger partial charge in [-0.3, -0.25) is 0 Å². The molecule has 0 aromatic rings. The van der Waals surface area contributed by atoms with Crippen LogP contribution >= 0.6 is 0 Å². The van der Waals surface area contributed by atoms with E-state index in [-0.39, 0.29) is 6.10 Å². The van der Waals surface area contributed by atoms with Crippen LogP contribution in [0.15, 0.2) is 35.4 Å². The molecule has 1 unspecified atom stereocenters. The van der Waals surface area contributed by atoms with Gasteiger partial charge >= 0.3 is 0 Å². The Morgan fingerprint density at radius 2 is 1.75 bits per heavy atom. The predicted molar refractivity (Wildman–Crippen MR) is 78.1 cm³/mol. The van der Waals surface area contributed by atoms with Crippen molar-refractivity contribution in [1.82, 2.24) is 9.80 Å². The molecule has 1 saturated heterocycles. The van der Waals surface area contributed by atoms with Crippen LogP contribution < -0.4 is 0 Å². The molecule has 0 radical (unpaired) electrons. The normalized spacial score (nSPS) is 26.3. The van der Waals surface area contributed by atoms with E-state index in [9.17, 15) is 0 Å². The van der Waals surface area contributed by atoms with Gasteiger partial charge < -0.3 is 24.0 Å². The van der Waals surface area contributed by atoms with Gasteiger partial charge in [0.05, 0.1) is 14.2 Å². The van der Waals surface area contributed by atoms with Crippen molar-refractivity contribution in [2.75, 3.05) is 54.6 Å². The number of allylic oxidation sites excluding steroid dienone is 1. The molecule has 1 atom stereocenters. The van der Waals surface area contributed by atoms with Gasteiger partial charge in [-0.05, 0) is 13.1 Å². The molecule has 1 aliphatic heterocycles. The Labute approximate surface area is 121 Å². The molecule has 2 rings (SSSR count). The third-order valence-electron chi connectivity index (χ3n) is 3.76. The summed E-state index contributed by atoms with van der Waals surface area (Å²) in [6.07, 6.45) is 5.92. The van der Waals surface area contributed by atoms with Crippen molar-refractivity contribution in [3.05, 3.63) is 35.4 Å². The number of hydrogen-bond donors (Lipinski definition) is 0. The summed E-state index contributed by atoms with van der Waals surface area (Å²) < 4.78 is 16.3. The van der Waals surface area contributed by atoms with Crippen LogP contribution in [0.4, 0.5) is 0 Å². The highest BCUT2D eigenvalue weighted by molar-refractivity contribution is 5.40. The minimum absolute atomic E-state index is 0.209. The molecule has 0 aromatic heterocycles. The largest absolute Gasteiger partial charge is 0.494 e. The lowest BCUT2D eigenvalue weighted by Gasteiger charge is -2.33. The Morgan fingerprint density at radius 3 is 2.30 bits per heavy atom. The van der Waals surface area contributed by atoms with E-state index in [4.69, 9.17) is 14.2 Å². The smallest absolute Gasteiger partial charge is 0.171 e. The maximum atomic E-state index is 5.58. The molecule has 1 fully saturated rings. The van der Waals surface area contributed by atoms with Gasteiger partial charge in [0.2, 0.25) is 0 Å². The van der Waals surface area contributed by atoms with E-state index >= 15 is 0 Å². The molecule has 1 heterocycles. The Balaban J connectivity index is 2.16. The monoisotopic (exact) mass is 280 g/mol. The molecular formula is C15H24N2O3. The molecule has 0 N–H and O–H groups in total. The van der Waals surface area contributed by atoms with Gasteiger partial charge in [0.25, 0.3) is 0 Å². The van der Waals surface area contributed by atoms with Crippen LogP contribution in [0.2, 0.25) is 0 Å². The number of nitrogens with zero attached hydrogens (tertiary/aromatic N) is 2. The lowest BCUT2D eigenvalue weighted by molar-refractivity contribution is 0.0884. The molecule has 0 saturated carbocycles. The first-order valence-electron chi connectivity index (χ1n) is 6.87. The Hall–Kier alpha value is -1.46. The first-order chi connectivity index (χ1) is 9.69. The summed E-state index contributed by atoms with van der Waals surface area (Å²) in [6, 6.07) is 0. The Kier molecular flexibility index (Phi) is 5.09. The summed E-state index contributed by atoms with van der Waals surface area (Å²) in [7, 11) is 7.13. The van der Waals surface area contributed by atoms with E-state index in [1.165, 1.54) is 0 Å². The standard InChI is InChI=1S/C15H24N2O3/c1-16-7-9-17(10-8-16)11-12-5-6-13(18-2)15(20-4)14(12)19-3/h5-6,11,14H,7-10H2,1-4H3/b12-11+. The third-order valence-corrected chi connectivity index (χ3v) is 3.76. The average Bonchev–Trinajstić information content (AvgIpc) is 2.48. The van der Waals surface area contributed by atoms with Crippen molar-refractivity contribution in [2.24, 2.45) is 0 Å². The number of hydrogen-bond acceptors (Lipinski definition) is 5. The van der Waals surface area contributed by atoms with Crippen molar-refractivity contribution in [3.8, 4) is 0 Å². The lowest BCUT2D eigenvalue weighted by atomic mass is 10.0. The summed E-state index contributed by atoms with van der Waals surface area (Å²) in [4.78, 5) is 4.67. The van der Waals surface area contributed by atoms with Crippen LogP contribution in [-0.4, -0.2) is 70.5 Å². The SMILES string of the molecule is COC1=C(OC)C(OC)/C(=C/N2CCN(C)CC2)C=C1. The Bertz CT molecular complexity index is 421. The molecule has 0 amide bonds. The zero-order chi connectivity index (χ0) is 14.5. The lowest BCUT2D eigenvalue weighted by Crippen LogP contribution is -2.42. The first-order valence-corrected chi connectivity index (χ1v) is 6.87. The van der Waals surface area contributed by atoms with Gasteiger partial charge in [-0.1, -0.05) is 6.08 Å². The summed E-state index contributed by atoms with van der Waals surface area (Å²) >= 11 is 0. The minimum Gasteiger partial charge on any atom is -0.494 e. The fourth-order valence-corrected chi connectivity index (χ4v) is 2.51. The van der Waals surface area contributed by atoms with Crippen LogP contribution in [0, 0.1) is 0 Å². The predicted octanol–water partition coefficient (Wildman–Crippen LogP) is 1.21. The molecule has 1 aliphatic carbocycles. The molecule has 5 heteroatoms. The maximum absolute atomic E-state index is 5.58. The average molecular weight is 280 g/mol. The van der Waals surface area contributed by atoms with E-state index in [1.807, 2.05) is 12.2 Å². The van der Waals surface area contributed by atoms with Crippen LogP contribution in [0.1, 0.15) is 0 Å². The number of rotatable bonds is 4. The minimum atomic E-state index is -0.209. The zero-order valence-corrected chi connectivity index (χ0v) is 12.8. The summed E-state index contributed by atoms with van der Waals surface area (Å²) in [5.41, 5.74) is 1.09. The van der Waals surface area contributed by atoms with Crippen molar-refractivity contribution >= 4 is 0 Å². The van der Waals surface area contributed by atoms with Gasteiger partial charge in [-0.15, -0.1) is 0 Å². The second-order valence-corrected chi connectivity index (χ2v) is 5.05. The van der Waals surface area contributed by atoms with Gasteiger partial charge in [0.15, 0.2) is 11.5 Å². The highest BCUT2D eigenvalue weighted by Gasteiger charge is 2.26. The van der Waals surface area contributed by atoms with Crippen molar-refractivity contribution in [3.63, 3.8) is 0 Å². The van der Waals surface area contributed by atoms with Crippen LogP contribution in [0.3, 0.4) is 0 Å². The molecular weight excluding hydrogens is 256 g/mol. The van der Waals surface area contributed by atoms with Crippen LogP contribution in [-0.2, 0) is 14.2 Å². The Morgan fingerprint density at radius 1 is 1.05 bits per heavy atom. The van der Waals surface area contributed by atoms with Gasteiger partial charge in [-0.25, -0.2) is 0 Å². The van der Waals surface area contributed by atoms with Gasteiger partial charge in [-0.2, -0.15) is 0 Å². The van der Waals surface area contributed by atoms with Crippen LogP contribution in [0.5, 0.6) is 0 Å². The van der Waals surface area contributed by atoms with E-state index in [0.29, 0.717) is 0 Å². The van der Waals surface area contributed by atoms with Crippen molar-refractivity contribution in [1.29, 1.82) is 0 Å². The summed E-state index contributed by atoms with van der Waals surface area (Å²) in [5, 5.41) is 0. The highest BCUT2D eigenvalue weighted by atomic mass is 16.5. The highest BCUT2D eigenvalue weighted by Crippen LogP contribution is 2.27. The topological polar surface area (TPSA) is 34.2 Å². The van der Waals surface area contributed by atoms with E-state index in [1.54, 1.807) is 21.3 Å². The van der Waals surface area contributed by atoms with E-state index in [0.717, 1.165) is 43.3 Å². The molecule has 0 bridgehead atoms. The summed E-state index contributed by atoms with van der Waals surface area (Å²) in [5.74, 6) is 1.44. The second-order valence-electron chi connectivity index (χ2n) is 5.05. The van der Waals surface area contributed by atoms with Gasteiger partial charge in [0, 0.05) is 45.1 Å². The first kappa shape index (κ1) is 14.9. The molecule has 2 aliphatic rings. The number of ether oxygens (including phenoxy) is 3. The summed E-state index contributed by atoms with van der Waals surface area (Å²) in [6.45, 7) is 4.24. The molecule has 20 heavy (non-hydrogen) atoms. The molecule has 0 aromatic carbocycles. The quantitative estimate of drug-likeness (QED) is 0.773. The number of piperazine rings is 1. The fraction of sp³-hybridized carbons (Fsp3) is 0.600. The third kappa shape index (κ3) is 3.16. The second kappa shape index (κ2) is 6.81. The van der Waals surface area contributed by atoms with Gasteiger partial charge in [0.1, 0.15) is 6.10 Å². The number of methoxy groups -OCH3 is 3. The molecule has 112 valence electrons. The van der Waals surface area contributed by atoms with E-state index in [2.05, 4.69) is 23.0 Å². The number of likely N-dealkylation sites (N-methyl/N-ethyl adjacent to an activating group) is 1. The zero-order valence-electron chi connectivity index (χ0n) is 12.8. The van der Waals surface area contributed by atoms with Crippen LogP contribution in [0.25, 0.3) is 0 Å². The van der Waals surface area contributed by atoms with Crippen molar-refractivity contribution in [2.45, 2.75) is 6.10 Å². The fourth-order valence-electron chi connectivity index (χ4n) is 2.51. The molecule has 5 nitrogen and oxygen atoms in total. The van der Waals surface area contributed by atoms with E-state index < -0.39 is 0 Å². The maximum Gasteiger partial charge on any atom is 0.171 e. The van der Waals surface area contributed by atoms with Crippen molar-refractivity contribution < 1.29 is 14.2 Å². The molecule has 0 spiro atoms.